The molecule has 0 aliphatic rings. The first-order valence-corrected chi connectivity index (χ1v) is 6.66. The van der Waals surface area contributed by atoms with Gasteiger partial charge in [-0.3, -0.25) is 0 Å². The summed E-state index contributed by atoms with van der Waals surface area (Å²) >= 11 is 17.2. The van der Waals surface area contributed by atoms with Crippen LogP contribution in [0.2, 0.25) is 15.1 Å². The Morgan fingerprint density at radius 1 is 1.20 bits per heavy atom. The van der Waals surface area contributed by atoms with Crippen molar-refractivity contribution in [2.75, 3.05) is 5.75 Å². The molecule has 1 rings (SSSR count). The topological polar surface area (TPSA) is 34.1 Å². The molecule has 0 spiro atoms. The second kappa shape index (κ2) is 4.74. The smallest absolute Gasteiger partial charge is 0.183 e. The van der Waals surface area contributed by atoms with E-state index in [1.807, 2.05) is 0 Å². The van der Waals surface area contributed by atoms with E-state index in [2.05, 4.69) is 6.58 Å². The molecule has 0 aliphatic heterocycles. The molecule has 0 radical (unpaired) electrons. The van der Waals surface area contributed by atoms with Crippen LogP contribution in [0, 0.1) is 0 Å². The summed E-state index contributed by atoms with van der Waals surface area (Å²) in [5, 5.41) is 0.216. The van der Waals surface area contributed by atoms with Crippen molar-refractivity contribution in [3.63, 3.8) is 0 Å². The maximum Gasteiger partial charge on any atom is 0.183 e. The summed E-state index contributed by atoms with van der Waals surface area (Å²) < 4.78 is 23.3. The zero-order chi connectivity index (χ0) is 11.6. The molecule has 0 aliphatic carbocycles. The van der Waals surface area contributed by atoms with Crippen LogP contribution in [-0.2, 0) is 9.84 Å². The largest absolute Gasteiger partial charge is 0.223 e. The molecule has 0 bridgehead atoms. The SMILES string of the molecule is C=CCS(=O)(=O)c1ccc(Cl)c(Cl)c1Cl. The van der Waals surface area contributed by atoms with Gasteiger partial charge in [0.25, 0.3) is 0 Å². The second-order valence-corrected chi connectivity index (χ2v) is 5.91. The summed E-state index contributed by atoms with van der Waals surface area (Å²) in [6.07, 6.45) is 1.29. The minimum atomic E-state index is -3.47. The standard InChI is InChI=1S/C9H7Cl3O2S/c1-2-5-15(13,14)7-4-3-6(10)8(11)9(7)12/h2-4H,1,5H2. The van der Waals surface area contributed by atoms with E-state index in [0.29, 0.717) is 0 Å². The van der Waals surface area contributed by atoms with Crippen molar-refractivity contribution in [3.8, 4) is 0 Å². The zero-order valence-electron chi connectivity index (χ0n) is 7.50. The number of hydrogen-bond donors (Lipinski definition) is 0. The lowest BCUT2D eigenvalue weighted by Gasteiger charge is -2.06. The van der Waals surface area contributed by atoms with Crippen molar-refractivity contribution in [2.45, 2.75) is 4.90 Å². The molecule has 0 saturated heterocycles. The Balaban J connectivity index is 3.40. The van der Waals surface area contributed by atoms with Gasteiger partial charge in [0.2, 0.25) is 0 Å². The van der Waals surface area contributed by atoms with Gasteiger partial charge in [0.1, 0.15) is 0 Å². The second-order valence-electron chi connectivity index (χ2n) is 2.74. The van der Waals surface area contributed by atoms with Gasteiger partial charge in [0, 0.05) is 0 Å². The number of hydrogen-bond acceptors (Lipinski definition) is 2. The molecule has 2 nitrogen and oxygen atoms in total. The minimum absolute atomic E-state index is 0.0292. The Morgan fingerprint density at radius 2 is 1.80 bits per heavy atom. The van der Waals surface area contributed by atoms with Crippen molar-refractivity contribution in [2.24, 2.45) is 0 Å². The number of halogens is 3. The van der Waals surface area contributed by atoms with Crippen LogP contribution in [0.1, 0.15) is 0 Å². The van der Waals surface area contributed by atoms with Gasteiger partial charge < -0.3 is 0 Å². The average molecular weight is 286 g/mol. The first-order valence-electron chi connectivity index (χ1n) is 3.87. The molecule has 0 fully saturated rings. The van der Waals surface area contributed by atoms with E-state index in [9.17, 15) is 8.42 Å². The number of rotatable bonds is 3. The molecular formula is C9H7Cl3O2S. The molecule has 0 unspecified atom stereocenters. The van der Waals surface area contributed by atoms with Crippen molar-refractivity contribution in [1.82, 2.24) is 0 Å². The summed E-state index contributed by atoms with van der Waals surface area (Å²) in [5.74, 6) is -0.190. The quantitative estimate of drug-likeness (QED) is 0.628. The molecule has 0 amide bonds. The predicted octanol–water partition coefficient (Wildman–Crippen LogP) is 3.61. The van der Waals surface area contributed by atoms with Crippen molar-refractivity contribution < 1.29 is 8.42 Å². The van der Waals surface area contributed by atoms with Crippen molar-refractivity contribution in [3.05, 3.63) is 39.9 Å². The fourth-order valence-electron chi connectivity index (χ4n) is 0.993. The number of benzene rings is 1. The highest BCUT2D eigenvalue weighted by atomic mass is 35.5. The van der Waals surface area contributed by atoms with Gasteiger partial charge >= 0.3 is 0 Å². The molecule has 1 aromatic rings. The Morgan fingerprint density at radius 3 is 2.33 bits per heavy atom. The third-order valence-corrected chi connectivity index (χ3v) is 4.76. The van der Waals surface area contributed by atoms with E-state index in [1.54, 1.807) is 0 Å². The van der Waals surface area contributed by atoms with Crippen molar-refractivity contribution in [1.29, 1.82) is 0 Å². The van der Waals surface area contributed by atoms with E-state index in [0.717, 1.165) is 0 Å². The average Bonchev–Trinajstić information content (AvgIpc) is 2.13. The normalized spacial score (nSPS) is 11.4. The third-order valence-electron chi connectivity index (χ3n) is 1.67. The molecule has 1 aromatic carbocycles. The fraction of sp³-hybridized carbons (Fsp3) is 0.111. The lowest BCUT2D eigenvalue weighted by molar-refractivity contribution is 0.599. The van der Waals surface area contributed by atoms with E-state index >= 15 is 0 Å². The fourth-order valence-corrected chi connectivity index (χ4v) is 3.08. The van der Waals surface area contributed by atoms with Gasteiger partial charge in [-0.15, -0.1) is 6.58 Å². The predicted molar refractivity (Wildman–Crippen MR) is 63.7 cm³/mol. The van der Waals surface area contributed by atoms with Gasteiger partial charge in [-0.05, 0) is 12.1 Å². The minimum Gasteiger partial charge on any atom is -0.223 e. The summed E-state index contributed by atoms with van der Waals surface area (Å²) in [6.45, 7) is 3.36. The Bertz CT molecular complexity index is 494. The monoisotopic (exact) mass is 284 g/mol. The Kier molecular flexibility index (Phi) is 4.06. The molecular weight excluding hydrogens is 279 g/mol. The van der Waals surface area contributed by atoms with Gasteiger partial charge in [-0.1, -0.05) is 40.9 Å². The van der Waals surface area contributed by atoms with Crippen molar-refractivity contribution >= 4 is 44.6 Å². The molecule has 82 valence electrons. The molecule has 0 saturated carbocycles. The van der Waals surface area contributed by atoms with Gasteiger partial charge in [0.15, 0.2) is 9.84 Å². The van der Waals surface area contributed by atoms with Crippen LogP contribution in [0.3, 0.4) is 0 Å². The van der Waals surface area contributed by atoms with Crippen LogP contribution < -0.4 is 0 Å². The summed E-state index contributed by atoms with van der Waals surface area (Å²) in [4.78, 5) is -0.0292. The molecule has 6 heteroatoms. The maximum absolute atomic E-state index is 11.7. The summed E-state index contributed by atoms with van der Waals surface area (Å²) in [5.41, 5.74) is 0. The molecule has 0 heterocycles. The van der Waals surface area contributed by atoms with Crippen LogP contribution in [0.5, 0.6) is 0 Å². The van der Waals surface area contributed by atoms with E-state index in [-0.39, 0.29) is 25.7 Å². The summed E-state index contributed by atoms with van der Waals surface area (Å²) in [7, 11) is -3.47. The van der Waals surface area contributed by atoms with Crippen LogP contribution in [0.15, 0.2) is 29.7 Å². The Hall–Kier alpha value is -0.220. The molecule has 0 atom stereocenters. The van der Waals surface area contributed by atoms with Gasteiger partial charge in [0.05, 0.1) is 25.7 Å². The lowest BCUT2D eigenvalue weighted by Crippen LogP contribution is -2.05. The van der Waals surface area contributed by atoms with E-state index < -0.39 is 9.84 Å². The van der Waals surface area contributed by atoms with E-state index in [1.165, 1.54) is 18.2 Å². The number of sulfone groups is 1. The molecule has 0 N–H and O–H groups in total. The van der Waals surface area contributed by atoms with E-state index in [4.69, 9.17) is 34.8 Å². The van der Waals surface area contributed by atoms with Crippen LogP contribution in [-0.4, -0.2) is 14.2 Å². The van der Waals surface area contributed by atoms with Crippen LogP contribution in [0.25, 0.3) is 0 Å². The van der Waals surface area contributed by atoms with Gasteiger partial charge in [-0.2, -0.15) is 0 Å². The van der Waals surface area contributed by atoms with Gasteiger partial charge in [-0.25, -0.2) is 8.42 Å². The zero-order valence-corrected chi connectivity index (χ0v) is 10.6. The first kappa shape index (κ1) is 12.8. The van der Waals surface area contributed by atoms with Crippen LogP contribution in [0.4, 0.5) is 0 Å². The lowest BCUT2D eigenvalue weighted by atomic mass is 10.4. The highest BCUT2D eigenvalue weighted by Gasteiger charge is 2.19. The Labute approximate surface area is 103 Å². The third kappa shape index (κ3) is 2.67. The first-order chi connectivity index (χ1) is 6.90. The maximum atomic E-state index is 11.7. The van der Waals surface area contributed by atoms with Crippen LogP contribution >= 0.6 is 34.8 Å². The highest BCUT2D eigenvalue weighted by molar-refractivity contribution is 7.91. The highest BCUT2D eigenvalue weighted by Crippen LogP contribution is 2.35. The molecule has 15 heavy (non-hydrogen) atoms. The summed E-state index contributed by atoms with van der Waals surface area (Å²) in [6, 6.07) is 2.72. The molecule has 0 aromatic heterocycles.